The van der Waals surface area contributed by atoms with E-state index in [0.29, 0.717) is 35.8 Å². The molecule has 0 aliphatic heterocycles. The summed E-state index contributed by atoms with van der Waals surface area (Å²) in [6.45, 7) is 5.62. The van der Waals surface area contributed by atoms with Crippen LogP contribution in [0.4, 0.5) is 13.2 Å². The predicted octanol–water partition coefficient (Wildman–Crippen LogP) is 3.56. The highest BCUT2D eigenvalue weighted by Crippen LogP contribution is 2.50. The highest BCUT2D eigenvalue weighted by molar-refractivity contribution is 7.17. The number of hydrogen-bond donors (Lipinski definition) is 0. The van der Waals surface area contributed by atoms with Gasteiger partial charge in [-0.1, -0.05) is 6.92 Å². The van der Waals surface area contributed by atoms with Crippen LogP contribution in [0.1, 0.15) is 53.8 Å². The smallest absolute Gasteiger partial charge is 0.435 e. The van der Waals surface area contributed by atoms with Gasteiger partial charge in [-0.15, -0.1) is 11.3 Å². The Bertz CT molecular complexity index is 1210. The van der Waals surface area contributed by atoms with Crippen LogP contribution >= 0.6 is 11.3 Å². The minimum Gasteiger partial charge on any atom is -0.466 e. The SMILES string of the molecule is CCOC(=O)C1CC1c1c(C)sc2nc(Cn3nc(C(F)(F)F)cc3CC)cc(=O)n12. The van der Waals surface area contributed by atoms with Gasteiger partial charge in [0.25, 0.3) is 5.56 Å². The van der Waals surface area contributed by atoms with Crippen LogP contribution in [0.5, 0.6) is 0 Å². The molecule has 1 aliphatic carbocycles. The molecule has 166 valence electrons. The second-order valence-electron chi connectivity index (χ2n) is 7.48. The Balaban J connectivity index is 1.67. The van der Waals surface area contributed by atoms with Gasteiger partial charge in [0.2, 0.25) is 0 Å². The second-order valence-corrected chi connectivity index (χ2v) is 8.66. The molecule has 0 N–H and O–H groups in total. The molecular formula is C20H21F3N4O3S. The number of aromatic nitrogens is 4. The van der Waals surface area contributed by atoms with Gasteiger partial charge < -0.3 is 4.74 Å². The molecule has 0 bridgehead atoms. The molecule has 11 heteroatoms. The van der Waals surface area contributed by atoms with Crippen molar-refractivity contribution in [3.05, 3.63) is 50.1 Å². The molecule has 1 fully saturated rings. The minimum atomic E-state index is -4.54. The van der Waals surface area contributed by atoms with Gasteiger partial charge in [0.15, 0.2) is 10.7 Å². The average Bonchev–Trinajstić information content (AvgIpc) is 3.23. The number of hydrogen-bond acceptors (Lipinski definition) is 6. The first kappa shape index (κ1) is 21.5. The van der Waals surface area contributed by atoms with E-state index in [1.54, 1.807) is 13.8 Å². The Morgan fingerprint density at radius 1 is 1.32 bits per heavy atom. The number of fused-ring (bicyclic) bond motifs is 1. The van der Waals surface area contributed by atoms with Crippen molar-refractivity contribution in [2.24, 2.45) is 5.92 Å². The lowest BCUT2D eigenvalue weighted by Gasteiger charge is -2.07. The maximum Gasteiger partial charge on any atom is 0.435 e. The largest absolute Gasteiger partial charge is 0.466 e. The number of alkyl halides is 3. The summed E-state index contributed by atoms with van der Waals surface area (Å²) in [5.74, 6) is -0.625. The number of nitrogens with zero attached hydrogens (tertiary/aromatic N) is 4. The zero-order valence-electron chi connectivity index (χ0n) is 17.2. The molecule has 31 heavy (non-hydrogen) atoms. The number of ether oxygens (including phenoxy) is 1. The van der Waals surface area contributed by atoms with Gasteiger partial charge in [-0.25, -0.2) is 4.98 Å². The van der Waals surface area contributed by atoms with E-state index in [-0.39, 0.29) is 29.9 Å². The lowest BCUT2D eigenvalue weighted by atomic mass is 10.2. The fraction of sp³-hybridized carbons (Fsp3) is 0.500. The molecule has 2 atom stereocenters. The van der Waals surface area contributed by atoms with E-state index >= 15 is 0 Å². The molecule has 3 aromatic heterocycles. The molecular weight excluding hydrogens is 433 g/mol. The summed E-state index contributed by atoms with van der Waals surface area (Å²) >= 11 is 1.32. The van der Waals surface area contributed by atoms with E-state index in [9.17, 15) is 22.8 Å². The van der Waals surface area contributed by atoms with E-state index in [1.807, 2.05) is 6.92 Å². The van der Waals surface area contributed by atoms with Crippen LogP contribution in [0.15, 0.2) is 16.9 Å². The predicted molar refractivity (Wildman–Crippen MR) is 107 cm³/mol. The zero-order chi connectivity index (χ0) is 22.5. The van der Waals surface area contributed by atoms with Crippen LogP contribution < -0.4 is 5.56 Å². The zero-order valence-corrected chi connectivity index (χ0v) is 18.0. The monoisotopic (exact) mass is 454 g/mol. The van der Waals surface area contributed by atoms with E-state index in [4.69, 9.17) is 4.74 Å². The minimum absolute atomic E-state index is 0.0356. The van der Waals surface area contributed by atoms with Crippen LogP contribution in [0.3, 0.4) is 0 Å². The molecule has 0 aromatic carbocycles. The van der Waals surface area contributed by atoms with E-state index in [1.165, 1.54) is 26.5 Å². The summed E-state index contributed by atoms with van der Waals surface area (Å²) in [5.41, 5.74) is 0.217. The van der Waals surface area contributed by atoms with Gasteiger partial charge in [0.05, 0.1) is 24.8 Å². The van der Waals surface area contributed by atoms with Crippen molar-refractivity contribution in [2.45, 2.75) is 52.3 Å². The molecule has 3 heterocycles. The van der Waals surface area contributed by atoms with Gasteiger partial charge in [-0.3, -0.25) is 18.7 Å². The summed E-state index contributed by atoms with van der Waals surface area (Å²) in [7, 11) is 0. The molecule has 0 amide bonds. The summed E-state index contributed by atoms with van der Waals surface area (Å²) in [5, 5.41) is 3.66. The van der Waals surface area contributed by atoms with Crippen LogP contribution in [-0.4, -0.2) is 31.7 Å². The number of rotatable bonds is 6. The van der Waals surface area contributed by atoms with Crippen molar-refractivity contribution >= 4 is 22.3 Å². The second kappa shape index (κ2) is 7.77. The third-order valence-corrected chi connectivity index (χ3v) is 6.32. The van der Waals surface area contributed by atoms with E-state index in [0.717, 1.165) is 16.6 Å². The molecule has 1 aliphatic rings. The Kier molecular flexibility index (Phi) is 5.40. The van der Waals surface area contributed by atoms with Gasteiger partial charge in [-0.2, -0.15) is 18.3 Å². The number of carbonyl (C=O) groups is 1. The number of halogens is 3. The van der Waals surface area contributed by atoms with Gasteiger partial charge >= 0.3 is 12.1 Å². The molecule has 4 rings (SSSR count). The molecule has 7 nitrogen and oxygen atoms in total. The summed E-state index contributed by atoms with van der Waals surface area (Å²) < 4.78 is 46.9. The lowest BCUT2D eigenvalue weighted by molar-refractivity contribution is -0.145. The van der Waals surface area contributed by atoms with Crippen molar-refractivity contribution in [1.29, 1.82) is 0 Å². The first-order valence-corrected chi connectivity index (χ1v) is 10.8. The van der Waals surface area contributed by atoms with Crippen LogP contribution in [-0.2, 0) is 28.7 Å². The third kappa shape index (κ3) is 3.98. The molecule has 1 saturated carbocycles. The number of esters is 1. The first-order valence-electron chi connectivity index (χ1n) is 9.96. The maximum atomic E-state index is 13.0. The molecule has 2 unspecified atom stereocenters. The highest BCUT2D eigenvalue weighted by Gasteiger charge is 2.47. The molecule has 3 aromatic rings. The third-order valence-electron chi connectivity index (χ3n) is 5.35. The Morgan fingerprint density at radius 3 is 2.71 bits per heavy atom. The fourth-order valence-corrected chi connectivity index (χ4v) is 4.89. The maximum absolute atomic E-state index is 13.0. The van der Waals surface area contributed by atoms with E-state index in [2.05, 4.69) is 10.1 Å². The van der Waals surface area contributed by atoms with Crippen LogP contribution in [0.2, 0.25) is 0 Å². The quantitative estimate of drug-likeness (QED) is 0.533. The Morgan fingerprint density at radius 2 is 2.06 bits per heavy atom. The number of aryl methyl sites for hydroxylation is 2. The molecule has 0 radical (unpaired) electrons. The standard InChI is InChI=1S/C20H21F3N4O3S/c1-4-12-7-15(20(21,22)23)25-26(12)9-11-6-16(28)27-17(10(3)31-19(27)24-11)13-8-14(13)18(29)30-5-2/h6-7,13-14H,4-5,8-9H2,1-3H3. The van der Waals surface area contributed by atoms with Crippen molar-refractivity contribution in [1.82, 2.24) is 19.2 Å². The van der Waals surface area contributed by atoms with Crippen LogP contribution in [0.25, 0.3) is 4.96 Å². The summed E-state index contributed by atoms with van der Waals surface area (Å²) in [4.78, 5) is 30.7. The Hall–Kier alpha value is -2.69. The van der Waals surface area contributed by atoms with Crippen molar-refractivity contribution in [3.63, 3.8) is 0 Å². The molecule has 0 spiro atoms. The van der Waals surface area contributed by atoms with Crippen molar-refractivity contribution in [2.75, 3.05) is 6.61 Å². The van der Waals surface area contributed by atoms with E-state index < -0.39 is 11.9 Å². The fourth-order valence-electron chi connectivity index (χ4n) is 3.83. The Labute approximate surface area is 179 Å². The van der Waals surface area contributed by atoms with Gasteiger partial charge in [0.1, 0.15) is 0 Å². The van der Waals surface area contributed by atoms with Crippen molar-refractivity contribution < 1.29 is 22.7 Å². The lowest BCUT2D eigenvalue weighted by Crippen LogP contribution is -2.19. The van der Waals surface area contributed by atoms with Gasteiger partial charge in [-0.05, 0) is 32.8 Å². The topological polar surface area (TPSA) is 78.5 Å². The number of carbonyl (C=O) groups excluding carboxylic acids is 1. The van der Waals surface area contributed by atoms with Crippen molar-refractivity contribution in [3.8, 4) is 0 Å². The number of thiazole rings is 1. The van der Waals surface area contributed by atoms with Crippen LogP contribution in [0, 0.1) is 12.8 Å². The highest BCUT2D eigenvalue weighted by atomic mass is 32.1. The average molecular weight is 454 g/mol. The summed E-state index contributed by atoms with van der Waals surface area (Å²) in [6, 6.07) is 2.33. The summed E-state index contributed by atoms with van der Waals surface area (Å²) in [6.07, 6.45) is -3.55. The normalized spacial score (nSPS) is 18.5. The molecule has 0 saturated heterocycles. The van der Waals surface area contributed by atoms with Gasteiger partial charge in [0, 0.05) is 28.2 Å². The first-order chi connectivity index (χ1) is 14.6.